The van der Waals surface area contributed by atoms with Gasteiger partial charge in [-0.25, -0.2) is 9.78 Å². The van der Waals surface area contributed by atoms with E-state index in [-0.39, 0.29) is 0 Å². The van der Waals surface area contributed by atoms with Crippen LogP contribution in [-0.4, -0.2) is 25.2 Å². The molecule has 0 saturated heterocycles. The molecule has 1 aromatic carbocycles. The Morgan fingerprint density at radius 1 is 1.10 bits per heavy atom. The van der Waals surface area contributed by atoms with Crippen molar-refractivity contribution in [1.29, 1.82) is 0 Å². The molecule has 6 nitrogen and oxygen atoms in total. The second-order valence-corrected chi connectivity index (χ2v) is 4.37. The number of pyridine rings is 1. The SMILES string of the molecule is COc1ccc(NC(=O)Nc2ccc(C)cn2)c(OC)c1. The summed E-state index contributed by atoms with van der Waals surface area (Å²) in [6.07, 6.45) is 1.68. The summed E-state index contributed by atoms with van der Waals surface area (Å²) in [6, 6.07) is 8.35. The van der Waals surface area contributed by atoms with Gasteiger partial charge in [0.15, 0.2) is 0 Å². The number of nitrogens with one attached hydrogen (secondary N) is 2. The van der Waals surface area contributed by atoms with E-state index in [0.29, 0.717) is 23.0 Å². The van der Waals surface area contributed by atoms with E-state index in [4.69, 9.17) is 9.47 Å². The monoisotopic (exact) mass is 287 g/mol. The highest BCUT2D eigenvalue weighted by Gasteiger charge is 2.09. The number of hydrogen-bond donors (Lipinski definition) is 2. The number of aromatic nitrogens is 1. The number of carbonyl (C=O) groups is 1. The Morgan fingerprint density at radius 2 is 1.90 bits per heavy atom. The molecule has 110 valence electrons. The van der Waals surface area contributed by atoms with Crippen LogP contribution in [0.15, 0.2) is 36.5 Å². The number of aryl methyl sites for hydroxylation is 1. The Kier molecular flexibility index (Phi) is 4.61. The fraction of sp³-hybridized carbons (Fsp3) is 0.200. The molecule has 0 saturated carbocycles. The van der Waals surface area contributed by atoms with Crippen LogP contribution in [0.4, 0.5) is 16.3 Å². The molecule has 2 N–H and O–H groups in total. The zero-order valence-corrected chi connectivity index (χ0v) is 12.1. The van der Waals surface area contributed by atoms with E-state index in [1.54, 1.807) is 37.6 Å². The van der Waals surface area contributed by atoms with Gasteiger partial charge < -0.3 is 14.8 Å². The molecule has 0 aliphatic heterocycles. The van der Waals surface area contributed by atoms with Gasteiger partial charge in [0.05, 0.1) is 19.9 Å². The van der Waals surface area contributed by atoms with Gasteiger partial charge in [0.25, 0.3) is 0 Å². The molecule has 0 spiro atoms. The van der Waals surface area contributed by atoms with E-state index >= 15 is 0 Å². The third kappa shape index (κ3) is 3.85. The molecule has 0 radical (unpaired) electrons. The lowest BCUT2D eigenvalue weighted by atomic mass is 10.2. The topological polar surface area (TPSA) is 72.5 Å². The minimum absolute atomic E-state index is 0.394. The van der Waals surface area contributed by atoms with Gasteiger partial charge in [-0.05, 0) is 30.7 Å². The van der Waals surface area contributed by atoms with Crippen molar-refractivity contribution in [3.63, 3.8) is 0 Å². The van der Waals surface area contributed by atoms with Gasteiger partial charge in [0.1, 0.15) is 17.3 Å². The van der Waals surface area contributed by atoms with Crippen molar-refractivity contribution in [2.45, 2.75) is 6.92 Å². The number of carbonyl (C=O) groups excluding carboxylic acids is 1. The summed E-state index contributed by atoms with van der Waals surface area (Å²) in [4.78, 5) is 16.0. The minimum Gasteiger partial charge on any atom is -0.497 e. The van der Waals surface area contributed by atoms with E-state index in [1.807, 2.05) is 13.0 Å². The average molecular weight is 287 g/mol. The minimum atomic E-state index is -0.394. The van der Waals surface area contributed by atoms with Gasteiger partial charge in [0, 0.05) is 12.3 Å². The van der Waals surface area contributed by atoms with E-state index in [1.165, 1.54) is 7.11 Å². The van der Waals surface area contributed by atoms with Crippen LogP contribution in [0.25, 0.3) is 0 Å². The summed E-state index contributed by atoms with van der Waals surface area (Å²) in [7, 11) is 3.09. The molecule has 0 aliphatic carbocycles. The average Bonchev–Trinajstić information content (AvgIpc) is 2.50. The highest BCUT2D eigenvalue weighted by Crippen LogP contribution is 2.29. The normalized spacial score (nSPS) is 9.86. The number of rotatable bonds is 4. The zero-order chi connectivity index (χ0) is 15.2. The number of methoxy groups -OCH3 is 2. The third-order valence-corrected chi connectivity index (χ3v) is 2.81. The van der Waals surface area contributed by atoms with Gasteiger partial charge in [-0.3, -0.25) is 5.32 Å². The predicted molar refractivity (Wildman–Crippen MR) is 81.2 cm³/mol. The lowest BCUT2D eigenvalue weighted by Crippen LogP contribution is -2.20. The first-order valence-corrected chi connectivity index (χ1v) is 6.35. The molecule has 0 bridgehead atoms. The van der Waals surface area contributed by atoms with Crippen LogP contribution in [0.5, 0.6) is 11.5 Å². The molecule has 1 aromatic heterocycles. The summed E-state index contributed by atoms with van der Waals surface area (Å²) in [5, 5.41) is 5.35. The molecule has 21 heavy (non-hydrogen) atoms. The van der Waals surface area contributed by atoms with Gasteiger partial charge in [0.2, 0.25) is 0 Å². The quantitative estimate of drug-likeness (QED) is 0.906. The van der Waals surface area contributed by atoms with Crippen LogP contribution < -0.4 is 20.1 Å². The second kappa shape index (κ2) is 6.60. The molecule has 2 rings (SSSR count). The summed E-state index contributed by atoms with van der Waals surface area (Å²) < 4.78 is 10.3. The Bertz CT molecular complexity index is 627. The third-order valence-electron chi connectivity index (χ3n) is 2.81. The number of benzene rings is 1. The molecular formula is C15H17N3O3. The number of nitrogens with zero attached hydrogens (tertiary/aromatic N) is 1. The number of urea groups is 1. The summed E-state index contributed by atoms with van der Waals surface area (Å²) in [6.45, 7) is 1.93. The maximum atomic E-state index is 11.9. The lowest BCUT2D eigenvalue weighted by molar-refractivity contribution is 0.262. The van der Waals surface area contributed by atoms with E-state index in [0.717, 1.165) is 5.56 Å². The van der Waals surface area contributed by atoms with Crippen molar-refractivity contribution in [2.75, 3.05) is 24.9 Å². The van der Waals surface area contributed by atoms with E-state index in [2.05, 4.69) is 15.6 Å². The molecule has 1 heterocycles. The molecular weight excluding hydrogens is 270 g/mol. The number of hydrogen-bond acceptors (Lipinski definition) is 4. The number of amides is 2. The lowest BCUT2D eigenvalue weighted by Gasteiger charge is -2.12. The van der Waals surface area contributed by atoms with Crippen LogP contribution in [0.1, 0.15) is 5.56 Å². The number of anilines is 2. The maximum Gasteiger partial charge on any atom is 0.324 e. The van der Waals surface area contributed by atoms with E-state index < -0.39 is 6.03 Å². The molecule has 2 aromatic rings. The van der Waals surface area contributed by atoms with Crippen molar-refractivity contribution in [3.05, 3.63) is 42.1 Å². The Labute approximate surface area is 123 Å². The van der Waals surface area contributed by atoms with Gasteiger partial charge >= 0.3 is 6.03 Å². The molecule has 2 amide bonds. The van der Waals surface area contributed by atoms with Crippen molar-refractivity contribution < 1.29 is 14.3 Å². The predicted octanol–water partition coefficient (Wildman–Crippen LogP) is 3.05. The van der Waals surface area contributed by atoms with Crippen LogP contribution in [-0.2, 0) is 0 Å². The molecule has 0 fully saturated rings. The first-order valence-electron chi connectivity index (χ1n) is 6.35. The highest BCUT2D eigenvalue weighted by atomic mass is 16.5. The molecule has 0 unspecified atom stereocenters. The largest absolute Gasteiger partial charge is 0.497 e. The molecule has 0 atom stereocenters. The van der Waals surface area contributed by atoms with Crippen molar-refractivity contribution in [1.82, 2.24) is 4.98 Å². The fourth-order valence-electron chi connectivity index (χ4n) is 1.71. The standard InChI is InChI=1S/C15H17N3O3/c1-10-4-7-14(16-9-10)18-15(19)17-12-6-5-11(20-2)8-13(12)21-3/h4-9H,1-3H3,(H2,16,17,18,19). The van der Waals surface area contributed by atoms with Crippen LogP contribution >= 0.6 is 0 Å². The first-order chi connectivity index (χ1) is 10.1. The summed E-state index contributed by atoms with van der Waals surface area (Å²) >= 11 is 0. The van der Waals surface area contributed by atoms with Crippen LogP contribution in [0.2, 0.25) is 0 Å². The van der Waals surface area contributed by atoms with Crippen LogP contribution in [0.3, 0.4) is 0 Å². The second-order valence-electron chi connectivity index (χ2n) is 4.37. The number of ether oxygens (including phenoxy) is 2. The first kappa shape index (κ1) is 14.6. The molecule has 0 aliphatic rings. The Balaban J connectivity index is 2.07. The van der Waals surface area contributed by atoms with E-state index in [9.17, 15) is 4.79 Å². The summed E-state index contributed by atoms with van der Waals surface area (Å²) in [5.74, 6) is 1.64. The van der Waals surface area contributed by atoms with Crippen molar-refractivity contribution in [3.8, 4) is 11.5 Å². The van der Waals surface area contributed by atoms with Gasteiger partial charge in [-0.2, -0.15) is 0 Å². The maximum absolute atomic E-state index is 11.9. The van der Waals surface area contributed by atoms with Gasteiger partial charge in [-0.1, -0.05) is 6.07 Å². The molecule has 6 heteroatoms. The van der Waals surface area contributed by atoms with Gasteiger partial charge in [-0.15, -0.1) is 0 Å². The smallest absolute Gasteiger partial charge is 0.324 e. The highest BCUT2D eigenvalue weighted by molar-refractivity contribution is 6.00. The fourth-order valence-corrected chi connectivity index (χ4v) is 1.71. The Morgan fingerprint density at radius 3 is 2.52 bits per heavy atom. The Hall–Kier alpha value is -2.76. The van der Waals surface area contributed by atoms with Crippen molar-refractivity contribution >= 4 is 17.5 Å². The summed E-state index contributed by atoms with van der Waals surface area (Å²) in [5.41, 5.74) is 1.57. The van der Waals surface area contributed by atoms with Crippen LogP contribution in [0, 0.1) is 6.92 Å². The van der Waals surface area contributed by atoms with Crippen molar-refractivity contribution in [2.24, 2.45) is 0 Å². The zero-order valence-electron chi connectivity index (χ0n) is 12.1.